The fraction of sp³-hybridized carbons (Fsp3) is 0.0222. The van der Waals surface area contributed by atoms with E-state index in [1.807, 2.05) is 53.8 Å². The van der Waals surface area contributed by atoms with Gasteiger partial charge in [0.25, 0.3) is 0 Å². The molecule has 1 heterocycles. The van der Waals surface area contributed by atoms with Crippen molar-refractivity contribution < 1.29 is 9.47 Å². The van der Waals surface area contributed by atoms with Gasteiger partial charge >= 0.3 is 0 Å². The molecule has 0 radical (unpaired) electrons. The maximum absolute atomic E-state index is 6.23. The summed E-state index contributed by atoms with van der Waals surface area (Å²) in [6.45, 7) is 2.08. The molecular weight excluding hydrogens is 605 g/mol. The first-order chi connectivity index (χ1) is 23.7. The predicted octanol–water partition coefficient (Wildman–Crippen LogP) is 13.6. The van der Waals surface area contributed by atoms with Crippen molar-refractivity contribution in [1.82, 2.24) is 0 Å². The Hall–Kier alpha value is -5.90. The maximum atomic E-state index is 6.23. The molecule has 2 nitrogen and oxygen atoms in total. The number of aryl methyl sites for hydroxylation is 1. The third-order valence-electron chi connectivity index (χ3n) is 9.02. The third kappa shape index (κ3) is 4.97. The van der Waals surface area contributed by atoms with Crippen molar-refractivity contribution in [3.63, 3.8) is 0 Å². The van der Waals surface area contributed by atoms with Gasteiger partial charge in [-0.3, -0.25) is 0 Å². The zero-order chi connectivity index (χ0) is 32.0. The van der Waals surface area contributed by atoms with E-state index in [1.54, 1.807) is 0 Å². The van der Waals surface area contributed by atoms with Gasteiger partial charge in [-0.25, -0.2) is 0 Å². The highest BCUT2D eigenvalue weighted by atomic mass is 32.1. The van der Waals surface area contributed by atoms with Crippen LogP contribution in [0.3, 0.4) is 0 Å². The normalized spacial score (nSPS) is 11.4. The van der Waals surface area contributed by atoms with Crippen LogP contribution in [0.15, 0.2) is 164 Å². The standard InChI is InChI=1S/C45H30O2S/c1-29-11-9-14-33(27-29)47-32-23-21-30(22-24-32)43-35-15-5-7-17-37(35)44(38-18-8-6-16-36(38)43)40-20-10-19-39-41-28-34(25-26-42(41)48-45(39)40)46-31-12-3-2-4-13-31/h2-28H,1H3. The van der Waals surface area contributed by atoms with Crippen molar-refractivity contribution in [1.29, 1.82) is 0 Å². The van der Waals surface area contributed by atoms with Gasteiger partial charge in [-0.2, -0.15) is 0 Å². The molecule has 0 fully saturated rings. The second-order valence-electron chi connectivity index (χ2n) is 12.1. The van der Waals surface area contributed by atoms with Gasteiger partial charge in [0.1, 0.15) is 23.0 Å². The molecule has 0 spiro atoms. The van der Waals surface area contributed by atoms with E-state index in [2.05, 4.69) is 128 Å². The summed E-state index contributed by atoms with van der Waals surface area (Å²) in [6.07, 6.45) is 0. The molecule has 0 saturated carbocycles. The number of ether oxygens (including phenoxy) is 2. The van der Waals surface area contributed by atoms with E-state index in [9.17, 15) is 0 Å². The van der Waals surface area contributed by atoms with Gasteiger partial charge in [-0.05, 0) is 105 Å². The van der Waals surface area contributed by atoms with Gasteiger partial charge in [-0.15, -0.1) is 11.3 Å². The molecule has 228 valence electrons. The first-order valence-electron chi connectivity index (χ1n) is 16.2. The summed E-state index contributed by atoms with van der Waals surface area (Å²) < 4.78 is 15.0. The highest BCUT2D eigenvalue weighted by Crippen LogP contribution is 2.48. The smallest absolute Gasteiger partial charge is 0.128 e. The number of thiophene rings is 1. The summed E-state index contributed by atoms with van der Waals surface area (Å²) >= 11 is 1.85. The number of fused-ring (bicyclic) bond motifs is 5. The largest absolute Gasteiger partial charge is 0.457 e. The van der Waals surface area contributed by atoms with Crippen molar-refractivity contribution in [3.8, 4) is 45.3 Å². The van der Waals surface area contributed by atoms with Crippen LogP contribution < -0.4 is 9.47 Å². The molecule has 0 aliphatic rings. The SMILES string of the molecule is Cc1cccc(Oc2ccc(-c3c4ccccc4c(-c4cccc5c4sc4ccc(Oc6ccccc6)cc45)c4ccccc34)cc2)c1. The van der Waals surface area contributed by atoms with Gasteiger partial charge in [0.15, 0.2) is 0 Å². The van der Waals surface area contributed by atoms with E-state index >= 15 is 0 Å². The molecule has 0 N–H and O–H groups in total. The molecule has 8 aromatic carbocycles. The summed E-state index contributed by atoms with van der Waals surface area (Å²) in [4.78, 5) is 0. The number of benzene rings is 8. The average molecular weight is 635 g/mol. The van der Waals surface area contributed by atoms with E-state index in [4.69, 9.17) is 9.47 Å². The highest BCUT2D eigenvalue weighted by Gasteiger charge is 2.19. The summed E-state index contributed by atoms with van der Waals surface area (Å²) in [7, 11) is 0. The van der Waals surface area contributed by atoms with Crippen LogP contribution in [-0.2, 0) is 0 Å². The van der Waals surface area contributed by atoms with Gasteiger partial charge < -0.3 is 9.47 Å². The zero-order valence-corrected chi connectivity index (χ0v) is 27.1. The molecule has 0 amide bonds. The minimum Gasteiger partial charge on any atom is -0.457 e. The summed E-state index contributed by atoms with van der Waals surface area (Å²) in [6, 6.07) is 57.4. The van der Waals surface area contributed by atoms with Gasteiger partial charge in [0, 0.05) is 25.7 Å². The Morgan fingerprint density at radius 3 is 1.62 bits per heavy atom. The van der Waals surface area contributed by atoms with Crippen LogP contribution in [0, 0.1) is 6.92 Å². The van der Waals surface area contributed by atoms with Crippen molar-refractivity contribution >= 4 is 53.1 Å². The van der Waals surface area contributed by atoms with E-state index in [0.29, 0.717) is 0 Å². The molecule has 0 aliphatic heterocycles. The number of para-hydroxylation sites is 1. The molecule has 48 heavy (non-hydrogen) atoms. The van der Waals surface area contributed by atoms with Crippen molar-refractivity contribution in [2.45, 2.75) is 6.92 Å². The minimum atomic E-state index is 0.823. The molecule has 9 rings (SSSR count). The number of rotatable bonds is 6. The van der Waals surface area contributed by atoms with Crippen molar-refractivity contribution in [3.05, 3.63) is 169 Å². The van der Waals surface area contributed by atoms with E-state index < -0.39 is 0 Å². The van der Waals surface area contributed by atoms with E-state index in [0.717, 1.165) is 28.6 Å². The van der Waals surface area contributed by atoms with Gasteiger partial charge in [-0.1, -0.05) is 109 Å². The van der Waals surface area contributed by atoms with Gasteiger partial charge in [0.05, 0.1) is 0 Å². The Bertz CT molecular complexity index is 2560. The second kappa shape index (κ2) is 11.7. The lowest BCUT2D eigenvalue weighted by molar-refractivity contribution is 0.482. The number of hydrogen-bond acceptors (Lipinski definition) is 3. The monoisotopic (exact) mass is 634 g/mol. The fourth-order valence-electron chi connectivity index (χ4n) is 6.90. The van der Waals surface area contributed by atoms with Crippen LogP contribution >= 0.6 is 11.3 Å². The molecule has 0 atom stereocenters. The van der Waals surface area contributed by atoms with E-state index in [1.165, 1.54) is 64.0 Å². The first kappa shape index (κ1) is 28.3. The maximum Gasteiger partial charge on any atom is 0.128 e. The van der Waals surface area contributed by atoms with Crippen molar-refractivity contribution in [2.24, 2.45) is 0 Å². The second-order valence-corrected chi connectivity index (χ2v) is 13.2. The lowest BCUT2D eigenvalue weighted by atomic mass is 9.86. The molecule has 1 aromatic heterocycles. The van der Waals surface area contributed by atoms with Crippen LogP contribution in [0.5, 0.6) is 23.0 Å². The summed E-state index contributed by atoms with van der Waals surface area (Å²) in [5, 5.41) is 7.40. The lowest BCUT2D eigenvalue weighted by Crippen LogP contribution is -1.91. The molecule has 0 aliphatic carbocycles. The van der Waals surface area contributed by atoms with Crippen molar-refractivity contribution in [2.75, 3.05) is 0 Å². The Labute approximate surface area is 283 Å². The minimum absolute atomic E-state index is 0.823. The fourth-order valence-corrected chi connectivity index (χ4v) is 8.10. The van der Waals surface area contributed by atoms with Crippen LogP contribution in [-0.4, -0.2) is 0 Å². The topological polar surface area (TPSA) is 18.5 Å². The van der Waals surface area contributed by atoms with Crippen LogP contribution in [0.4, 0.5) is 0 Å². The molecular formula is C45H30O2S. The zero-order valence-electron chi connectivity index (χ0n) is 26.3. The predicted molar refractivity (Wildman–Crippen MR) is 203 cm³/mol. The van der Waals surface area contributed by atoms with Crippen LogP contribution in [0.25, 0.3) is 64.0 Å². The summed E-state index contributed by atoms with van der Waals surface area (Å²) in [5.74, 6) is 3.35. The quantitative estimate of drug-likeness (QED) is 0.169. The Morgan fingerprint density at radius 1 is 0.396 bits per heavy atom. The van der Waals surface area contributed by atoms with Crippen LogP contribution in [0.1, 0.15) is 5.56 Å². The Kier molecular flexibility index (Phi) is 6.92. The first-order valence-corrected chi connectivity index (χ1v) is 17.0. The molecule has 0 bridgehead atoms. The van der Waals surface area contributed by atoms with Crippen LogP contribution in [0.2, 0.25) is 0 Å². The highest BCUT2D eigenvalue weighted by molar-refractivity contribution is 7.26. The molecule has 0 unspecified atom stereocenters. The molecule has 9 aromatic rings. The molecule has 0 saturated heterocycles. The average Bonchev–Trinajstić information content (AvgIpc) is 3.50. The third-order valence-corrected chi connectivity index (χ3v) is 10.2. The Morgan fingerprint density at radius 2 is 0.938 bits per heavy atom. The number of hydrogen-bond donors (Lipinski definition) is 0. The Balaban J connectivity index is 1.21. The molecule has 3 heteroatoms. The van der Waals surface area contributed by atoms with E-state index in [-0.39, 0.29) is 0 Å². The lowest BCUT2D eigenvalue weighted by Gasteiger charge is -2.18. The summed E-state index contributed by atoms with van der Waals surface area (Å²) in [5.41, 5.74) is 6.09. The van der Waals surface area contributed by atoms with Gasteiger partial charge in [0.2, 0.25) is 0 Å².